The summed E-state index contributed by atoms with van der Waals surface area (Å²) in [5, 5.41) is 12.5. The molecule has 31 heavy (non-hydrogen) atoms. The molecule has 7 heteroatoms. The Labute approximate surface area is 184 Å². The van der Waals surface area contributed by atoms with Crippen LogP contribution < -0.4 is 14.8 Å². The van der Waals surface area contributed by atoms with E-state index in [1.165, 1.54) is 13.2 Å². The van der Waals surface area contributed by atoms with E-state index in [1.54, 1.807) is 72.8 Å². The third-order valence-electron chi connectivity index (χ3n) is 4.15. The molecule has 0 atom stereocenters. The molecule has 3 rings (SSSR count). The van der Waals surface area contributed by atoms with Crippen molar-refractivity contribution in [3.63, 3.8) is 0 Å². The van der Waals surface area contributed by atoms with E-state index in [2.05, 4.69) is 5.32 Å². The summed E-state index contributed by atoms with van der Waals surface area (Å²) in [5.74, 6) is -0.209. The van der Waals surface area contributed by atoms with Gasteiger partial charge in [-0.15, -0.1) is 0 Å². The maximum Gasteiger partial charge on any atom is 0.343 e. The number of nitrogens with one attached hydrogen (secondary N) is 1. The highest BCUT2D eigenvalue weighted by Crippen LogP contribution is 2.20. The predicted molar refractivity (Wildman–Crippen MR) is 118 cm³/mol. The zero-order valence-corrected chi connectivity index (χ0v) is 17.2. The maximum absolute atomic E-state index is 12.4. The van der Waals surface area contributed by atoms with Crippen molar-refractivity contribution in [2.24, 2.45) is 0 Å². The highest BCUT2D eigenvalue weighted by Gasteiger charge is 2.12. The summed E-state index contributed by atoms with van der Waals surface area (Å²) in [7, 11) is 1.54. The molecule has 0 heterocycles. The zero-order chi connectivity index (χ0) is 22.2. The minimum absolute atomic E-state index is 0.112. The average molecular weight is 433 g/mol. The van der Waals surface area contributed by atoms with E-state index in [-0.39, 0.29) is 11.3 Å². The molecule has 1 amide bonds. The maximum atomic E-state index is 12.4. The molecule has 0 aromatic heterocycles. The fourth-order valence-corrected chi connectivity index (χ4v) is 2.83. The predicted octanol–water partition coefficient (Wildman–Crippen LogP) is 5.11. The average Bonchev–Trinajstić information content (AvgIpc) is 2.77. The zero-order valence-electron chi connectivity index (χ0n) is 16.5. The number of methoxy groups -OCH3 is 1. The number of nitriles is 1. The van der Waals surface area contributed by atoms with Gasteiger partial charge in [0, 0.05) is 10.7 Å². The fraction of sp³-hybridized carbons (Fsp3) is 0.0417. The molecule has 3 aromatic rings. The molecule has 0 saturated carbocycles. The Balaban J connectivity index is 1.74. The van der Waals surface area contributed by atoms with Crippen molar-refractivity contribution >= 4 is 35.2 Å². The smallest absolute Gasteiger partial charge is 0.343 e. The lowest BCUT2D eigenvalue weighted by Crippen LogP contribution is -2.13. The van der Waals surface area contributed by atoms with Crippen LogP contribution in [0.15, 0.2) is 78.4 Å². The summed E-state index contributed by atoms with van der Waals surface area (Å²) in [6.07, 6.45) is 1.41. The van der Waals surface area contributed by atoms with Gasteiger partial charge < -0.3 is 14.8 Å². The van der Waals surface area contributed by atoms with E-state index in [0.29, 0.717) is 27.6 Å². The molecule has 0 aliphatic carbocycles. The molecule has 0 bridgehead atoms. The van der Waals surface area contributed by atoms with Crippen molar-refractivity contribution in [3.8, 4) is 17.6 Å². The highest BCUT2D eigenvalue weighted by molar-refractivity contribution is 6.31. The monoisotopic (exact) mass is 432 g/mol. The van der Waals surface area contributed by atoms with Crippen LogP contribution >= 0.6 is 11.6 Å². The second-order valence-corrected chi connectivity index (χ2v) is 6.76. The molecule has 0 radical (unpaired) electrons. The Kier molecular flexibility index (Phi) is 7.05. The van der Waals surface area contributed by atoms with Crippen LogP contribution in [0.2, 0.25) is 5.02 Å². The van der Waals surface area contributed by atoms with Gasteiger partial charge in [-0.1, -0.05) is 29.8 Å². The second kappa shape index (κ2) is 10.1. The van der Waals surface area contributed by atoms with Gasteiger partial charge >= 0.3 is 5.97 Å². The lowest BCUT2D eigenvalue weighted by Gasteiger charge is -2.07. The van der Waals surface area contributed by atoms with Crippen LogP contribution in [0.1, 0.15) is 15.9 Å². The number of ether oxygens (including phenoxy) is 2. The van der Waals surface area contributed by atoms with Gasteiger partial charge in [0.1, 0.15) is 23.1 Å². The number of rotatable bonds is 6. The Bertz CT molecular complexity index is 1180. The topological polar surface area (TPSA) is 88.4 Å². The number of hydrogen-bond donors (Lipinski definition) is 1. The number of halogens is 1. The number of hydrogen-bond acceptors (Lipinski definition) is 5. The quantitative estimate of drug-likeness (QED) is 0.253. The van der Waals surface area contributed by atoms with Crippen molar-refractivity contribution in [2.75, 3.05) is 12.4 Å². The third-order valence-corrected chi connectivity index (χ3v) is 4.39. The van der Waals surface area contributed by atoms with Crippen LogP contribution in [0.25, 0.3) is 6.08 Å². The number of benzene rings is 3. The number of amides is 1. The summed E-state index contributed by atoms with van der Waals surface area (Å²) < 4.78 is 10.5. The molecule has 3 aromatic carbocycles. The van der Waals surface area contributed by atoms with Crippen molar-refractivity contribution in [2.45, 2.75) is 0 Å². The third kappa shape index (κ3) is 5.95. The highest BCUT2D eigenvalue weighted by atomic mass is 35.5. The molecule has 0 fully saturated rings. The van der Waals surface area contributed by atoms with Gasteiger partial charge in [-0.05, 0) is 66.2 Å². The molecule has 0 saturated heterocycles. The van der Waals surface area contributed by atoms with Crippen molar-refractivity contribution < 1.29 is 19.1 Å². The number of carbonyl (C=O) groups excluding carboxylic acids is 2. The molecule has 0 aliphatic rings. The largest absolute Gasteiger partial charge is 0.497 e. The van der Waals surface area contributed by atoms with Crippen molar-refractivity contribution in [1.82, 2.24) is 0 Å². The standard InChI is InChI=1S/C24H17ClN2O4/c1-30-21-10-8-17(9-11-21)24(29)31-22-7-2-4-16(13-22)12-18(15-26)23(28)27-20-6-3-5-19(25)14-20/h2-14H,1H3,(H,27,28)/b18-12+. The van der Waals surface area contributed by atoms with Crippen LogP contribution in [0, 0.1) is 11.3 Å². The van der Waals surface area contributed by atoms with Crippen molar-refractivity contribution in [1.29, 1.82) is 5.26 Å². The van der Waals surface area contributed by atoms with Crippen molar-refractivity contribution in [3.05, 3.63) is 94.5 Å². The first kappa shape index (κ1) is 21.6. The first-order chi connectivity index (χ1) is 15.0. The molecule has 0 aliphatic heterocycles. The van der Waals surface area contributed by atoms with E-state index >= 15 is 0 Å². The first-order valence-corrected chi connectivity index (χ1v) is 9.51. The molecule has 0 spiro atoms. The molecular formula is C24H17ClN2O4. The number of esters is 1. The Morgan fingerprint density at radius 3 is 2.42 bits per heavy atom. The summed E-state index contributed by atoms with van der Waals surface area (Å²) in [6.45, 7) is 0. The molecule has 1 N–H and O–H groups in total. The molecular weight excluding hydrogens is 416 g/mol. The van der Waals surface area contributed by atoms with Crippen LogP contribution in [0.3, 0.4) is 0 Å². The molecule has 154 valence electrons. The van der Waals surface area contributed by atoms with Gasteiger partial charge in [-0.2, -0.15) is 5.26 Å². The van der Waals surface area contributed by atoms with E-state index in [4.69, 9.17) is 21.1 Å². The van der Waals surface area contributed by atoms with Gasteiger partial charge in [0.25, 0.3) is 5.91 Å². The SMILES string of the molecule is COc1ccc(C(=O)Oc2cccc(/C=C(\C#N)C(=O)Nc3cccc(Cl)c3)c2)cc1. The van der Waals surface area contributed by atoms with E-state index in [0.717, 1.165) is 0 Å². The Morgan fingerprint density at radius 2 is 1.74 bits per heavy atom. The van der Waals surface area contributed by atoms with E-state index in [1.807, 2.05) is 6.07 Å². The van der Waals surface area contributed by atoms with Crippen LogP contribution in [-0.2, 0) is 4.79 Å². The van der Waals surface area contributed by atoms with E-state index in [9.17, 15) is 14.9 Å². The number of nitrogens with zero attached hydrogens (tertiary/aromatic N) is 1. The minimum Gasteiger partial charge on any atom is -0.497 e. The summed E-state index contributed by atoms with van der Waals surface area (Å²) >= 11 is 5.91. The first-order valence-electron chi connectivity index (χ1n) is 9.13. The van der Waals surface area contributed by atoms with Gasteiger partial charge in [0.15, 0.2) is 0 Å². The summed E-state index contributed by atoms with van der Waals surface area (Å²) in [5.41, 5.74) is 1.25. The molecule has 0 unspecified atom stereocenters. The Morgan fingerprint density at radius 1 is 1.00 bits per heavy atom. The minimum atomic E-state index is -0.578. The van der Waals surface area contributed by atoms with Gasteiger partial charge in [0.05, 0.1) is 12.7 Å². The summed E-state index contributed by atoms with van der Waals surface area (Å²) in [4.78, 5) is 24.8. The number of carbonyl (C=O) groups is 2. The second-order valence-electron chi connectivity index (χ2n) is 6.32. The van der Waals surface area contributed by atoms with Gasteiger partial charge in [-0.3, -0.25) is 4.79 Å². The fourth-order valence-electron chi connectivity index (χ4n) is 2.64. The van der Waals surface area contributed by atoms with Gasteiger partial charge in [-0.25, -0.2) is 4.79 Å². The summed E-state index contributed by atoms with van der Waals surface area (Å²) in [6, 6.07) is 21.5. The lowest BCUT2D eigenvalue weighted by molar-refractivity contribution is -0.112. The number of anilines is 1. The van der Waals surface area contributed by atoms with E-state index < -0.39 is 11.9 Å². The van der Waals surface area contributed by atoms with Gasteiger partial charge in [0.2, 0.25) is 0 Å². The van der Waals surface area contributed by atoms with Crippen LogP contribution in [0.4, 0.5) is 5.69 Å². The normalized spacial score (nSPS) is 10.7. The van der Waals surface area contributed by atoms with Crippen LogP contribution in [-0.4, -0.2) is 19.0 Å². The Hall–Kier alpha value is -4.08. The van der Waals surface area contributed by atoms with Crippen LogP contribution in [0.5, 0.6) is 11.5 Å². The lowest BCUT2D eigenvalue weighted by atomic mass is 10.1. The molecule has 6 nitrogen and oxygen atoms in total.